The Labute approximate surface area is 121 Å². The van der Waals surface area contributed by atoms with Crippen LogP contribution in [-0.4, -0.2) is 36.3 Å². The molecule has 1 rings (SSSR count). The number of aromatic hydroxyl groups is 1. The minimum atomic E-state index is -0.319. The number of phenolic OH excluding ortho intramolecular Hbond substituents is 1. The van der Waals surface area contributed by atoms with Crippen molar-refractivity contribution in [2.24, 2.45) is 0 Å². The van der Waals surface area contributed by atoms with Gasteiger partial charge in [0.15, 0.2) is 0 Å². The molecular weight excluding hydrogens is 257 g/mol. The maximum absolute atomic E-state index is 13.4. The zero-order valence-electron chi connectivity index (χ0n) is 12.9. The van der Waals surface area contributed by atoms with Crippen molar-refractivity contribution < 1.29 is 14.2 Å². The van der Waals surface area contributed by atoms with E-state index in [1.165, 1.54) is 18.2 Å². The second-order valence-corrected chi connectivity index (χ2v) is 5.08. The number of phenols is 1. The lowest BCUT2D eigenvalue weighted by Crippen LogP contribution is -2.39. The lowest BCUT2D eigenvalue weighted by atomic mass is 10.0. The van der Waals surface area contributed by atoms with Gasteiger partial charge < -0.3 is 9.84 Å². The highest BCUT2D eigenvalue weighted by Gasteiger charge is 2.24. The molecule has 0 bridgehead atoms. The summed E-state index contributed by atoms with van der Waals surface area (Å²) in [6.07, 6.45) is 2.03. The molecule has 1 aromatic rings. The molecule has 1 N–H and O–H groups in total. The second kappa shape index (κ2) is 8.22. The lowest BCUT2D eigenvalue weighted by Gasteiger charge is -2.36. The number of ether oxygens (including phenoxy) is 1. The van der Waals surface area contributed by atoms with Crippen LogP contribution in [0.4, 0.5) is 4.39 Å². The second-order valence-electron chi connectivity index (χ2n) is 5.08. The molecule has 0 aliphatic carbocycles. The van der Waals surface area contributed by atoms with Gasteiger partial charge >= 0.3 is 0 Å². The molecule has 1 aromatic carbocycles. The summed E-state index contributed by atoms with van der Waals surface area (Å²) >= 11 is 0. The van der Waals surface area contributed by atoms with Crippen molar-refractivity contribution in [2.45, 2.75) is 45.7 Å². The van der Waals surface area contributed by atoms with E-state index < -0.39 is 0 Å². The maximum atomic E-state index is 13.4. The van der Waals surface area contributed by atoms with Gasteiger partial charge in [0.25, 0.3) is 0 Å². The minimum absolute atomic E-state index is 0.0502. The topological polar surface area (TPSA) is 32.7 Å². The Morgan fingerprint density at radius 1 is 1.30 bits per heavy atom. The summed E-state index contributed by atoms with van der Waals surface area (Å²) in [7, 11) is 1.68. The van der Waals surface area contributed by atoms with Gasteiger partial charge in [0.1, 0.15) is 11.6 Å². The van der Waals surface area contributed by atoms with Crippen LogP contribution >= 0.6 is 0 Å². The molecule has 0 fully saturated rings. The predicted molar refractivity (Wildman–Crippen MR) is 79.4 cm³/mol. The largest absolute Gasteiger partial charge is 0.508 e. The number of methoxy groups -OCH3 is 1. The number of halogens is 1. The summed E-state index contributed by atoms with van der Waals surface area (Å²) < 4.78 is 18.6. The molecule has 0 heterocycles. The Bertz CT molecular complexity index is 407. The number of hydrogen-bond acceptors (Lipinski definition) is 3. The van der Waals surface area contributed by atoms with Crippen LogP contribution in [-0.2, 0) is 4.74 Å². The smallest absolute Gasteiger partial charge is 0.123 e. The van der Waals surface area contributed by atoms with Crippen molar-refractivity contribution >= 4 is 0 Å². The van der Waals surface area contributed by atoms with Gasteiger partial charge in [0.2, 0.25) is 0 Å². The molecule has 114 valence electrons. The normalized spacial score (nSPS) is 13.2. The van der Waals surface area contributed by atoms with Crippen molar-refractivity contribution in [1.82, 2.24) is 4.90 Å². The van der Waals surface area contributed by atoms with Gasteiger partial charge in [-0.05, 0) is 38.0 Å². The fraction of sp³-hybridized carbons (Fsp3) is 0.625. The minimum Gasteiger partial charge on any atom is -0.508 e. The van der Waals surface area contributed by atoms with Crippen LogP contribution in [0.2, 0.25) is 0 Å². The Kier molecular flexibility index (Phi) is 6.96. The number of rotatable bonds is 8. The van der Waals surface area contributed by atoms with Gasteiger partial charge in [0, 0.05) is 31.3 Å². The van der Waals surface area contributed by atoms with E-state index in [2.05, 4.69) is 18.7 Å². The van der Waals surface area contributed by atoms with Crippen LogP contribution in [0.3, 0.4) is 0 Å². The molecule has 20 heavy (non-hydrogen) atoms. The van der Waals surface area contributed by atoms with E-state index in [0.29, 0.717) is 18.2 Å². The maximum Gasteiger partial charge on any atom is 0.123 e. The van der Waals surface area contributed by atoms with Crippen molar-refractivity contribution in [3.63, 3.8) is 0 Å². The Balaban J connectivity index is 3.01. The summed E-state index contributed by atoms with van der Waals surface area (Å²) in [4.78, 5) is 2.28. The van der Waals surface area contributed by atoms with Crippen molar-refractivity contribution in [2.75, 3.05) is 20.3 Å². The molecule has 1 atom stereocenters. The molecular formula is C16H26FNO2. The molecule has 0 aliphatic heterocycles. The predicted octanol–water partition coefficient (Wildman–Crippen LogP) is 3.73. The van der Waals surface area contributed by atoms with Gasteiger partial charge in [-0.25, -0.2) is 4.39 Å². The van der Waals surface area contributed by atoms with Gasteiger partial charge in [-0.3, -0.25) is 4.90 Å². The average Bonchev–Trinajstić information content (AvgIpc) is 2.45. The number of benzene rings is 1. The molecule has 0 amide bonds. The Morgan fingerprint density at radius 2 is 1.95 bits per heavy atom. The van der Waals surface area contributed by atoms with Crippen LogP contribution in [0.25, 0.3) is 0 Å². The third-order valence-corrected chi connectivity index (χ3v) is 3.90. The third kappa shape index (κ3) is 4.18. The monoisotopic (exact) mass is 283 g/mol. The molecule has 0 saturated carbocycles. The van der Waals surface area contributed by atoms with Crippen molar-refractivity contribution in [1.29, 1.82) is 0 Å². The van der Waals surface area contributed by atoms with Crippen LogP contribution in [0.1, 0.15) is 45.2 Å². The Hall–Kier alpha value is -1.13. The molecule has 3 nitrogen and oxygen atoms in total. The lowest BCUT2D eigenvalue weighted by molar-refractivity contribution is 0.0844. The van der Waals surface area contributed by atoms with E-state index in [4.69, 9.17) is 4.74 Å². The van der Waals surface area contributed by atoms with E-state index >= 15 is 0 Å². The first-order valence-electron chi connectivity index (χ1n) is 7.28. The molecule has 0 aliphatic rings. The highest BCUT2D eigenvalue weighted by molar-refractivity contribution is 5.35. The molecule has 0 aromatic heterocycles. The SMILES string of the molecule is CCC(CC)N(CCOC)C(C)c1cc(F)ccc1O. The van der Waals surface area contributed by atoms with Crippen molar-refractivity contribution in [3.8, 4) is 5.75 Å². The van der Waals surface area contributed by atoms with Gasteiger partial charge in [-0.1, -0.05) is 13.8 Å². The molecule has 0 spiro atoms. The zero-order chi connectivity index (χ0) is 15.1. The van der Waals surface area contributed by atoms with Gasteiger partial charge in [-0.15, -0.1) is 0 Å². The fourth-order valence-corrected chi connectivity index (χ4v) is 2.69. The molecule has 4 heteroatoms. The molecule has 0 saturated heterocycles. The quantitative estimate of drug-likeness (QED) is 0.789. The summed E-state index contributed by atoms with van der Waals surface area (Å²) in [6.45, 7) is 7.68. The first-order valence-corrected chi connectivity index (χ1v) is 7.28. The van der Waals surface area contributed by atoms with Crippen LogP contribution in [0, 0.1) is 5.82 Å². The van der Waals surface area contributed by atoms with E-state index in [1.54, 1.807) is 7.11 Å². The van der Waals surface area contributed by atoms with E-state index in [9.17, 15) is 9.50 Å². The Morgan fingerprint density at radius 3 is 2.50 bits per heavy atom. The summed E-state index contributed by atoms with van der Waals surface area (Å²) in [5, 5.41) is 9.98. The van der Waals surface area contributed by atoms with Crippen LogP contribution in [0.15, 0.2) is 18.2 Å². The first-order chi connectivity index (χ1) is 9.54. The van der Waals surface area contributed by atoms with Gasteiger partial charge in [0.05, 0.1) is 6.61 Å². The first kappa shape index (κ1) is 16.9. The van der Waals surface area contributed by atoms with E-state index in [-0.39, 0.29) is 17.6 Å². The van der Waals surface area contributed by atoms with Crippen LogP contribution < -0.4 is 0 Å². The molecule has 0 radical (unpaired) electrons. The molecule has 1 unspecified atom stereocenters. The standard InChI is InChI=1S/C16H26FNO2/c1-5-14(6-2)18(9-10-20-4)12(3)15-11-13(17)7-8-16(15)19/h7-8,11-12,14,19H,5-6,9-10H2,1-4H3. The van der Waals surface area contributed by atoms with Crippen LogP contribution in [0.5, 0.6) is 5.75 Å². The zero-order valence-corrected chi connectivity index (χ0v) is 12.9. The summed E-state index contributed by atoms with van der Waals surface area (Å²) in [5.74, 6) is -0.173. The summed E-state index contributed by atoms with van der Waals surface area (Å²) in [5.41, 5.74) is 0.632. The fourth-order valence-electron chi connectivity index (χ4n) is 2.69. The highest BCUT2D eigenvalue weighted by atomic mass is 19.1. The van der Waals surface area contributed by atoms with Gasteiger partial charge in [-0.2, -0.15) is 0 Å². The highest BCUT2D eigenvalue weighted by Crippen LogP contribution is 2.31. The average molecular weight is 283 g/mol. The van der Waals surface area contributed by atoms with E-state index in [0.717, 1.165) is 19.4 Å². The third-order valence-electron chi connectivity index (χ3n) is 3.90. The summed E-state index contributed by atoms with van der Waals surface area (Å²) in [6, 6.07) is 4.46. The van der Waals surface area contributed by atoms with Crippen molar-refractivity contribution in [3.05, 3.63) is 29.6 Å². The van der Waals surface area contributed by atoms with E-state index in [1.807, 2.05) is 6.92 Å². The number of hydrogen-bond donors (Lipinski definition) is 1. The number of nitrogens with zero attached hydrogens (tertiary/aromatic N) is 1.